The summed E-state index contributed by atoms with van der Waals surface area (Å²) in [4.78, 5) is 25.0. The molecule has 0 radical (unpaired) electrons. The second kappa shape index (κ2) is 5.86. The molecule has 0 aliphatic carbocycles. The van der Waals surface area contributed by atoms with Crippen LogP contribution in [-0.4, -0.2) is 25.4 Å². The van der Waals surface area contributed by atoms with Gasteiger partial charge in [0.15, 0.2) is 5.76 Å². The van der Waals surface area contributed by atoms with Crippen LogP contribution in [0.15, 0.2) is 53.1 Å². The second-order valence-electron chi connectivity index (χ2n) is 3.95. The number of benzene rings is 1. The number of para-hydroxylation sites is 1. The third-order valence-electron chi connectivity index (χ3n) is 2.66. The Kier molecular flexibility index (Phi) is 3.97. The molecule has 2 rings (SSSR count). The predicted molar refractivity (Wildman–Crippen MR) is 70.9 cm³/mol. The van der Waals surface area contributed by atoms with Gasteiger partial charge in [-0.15, -0.1) is 0 Å². The van der Waals surface area contributed by atoms with Gasteiger partial charge in [0, 0.05) is 12.7 Å². The molecule has 5 nitrogen and oxygen atoms in total. The molecule has 0 saturated heterocycles. The van der Waals surface area contributed by atoms with E-state index in [-0.39, 0.29) is 18.2 Å². The minimum Gasteiger partial charge on any atom is -0.459 e. The van der Waals surface area contributed by atoms with Crippen LogP contribution in [0.25, 0.3) is 0 Å². The first kappa shape index (κ1) is 12.9. The normalized spacial score (nSPS) is 9.95. The number of amides is 2. The highest BCUT2D eigenvalue weighted by Crippen LogP contribution is 2.10. The van der Waals surface area contributed by atoms with E-state index in [0.29, 0.717) is 0 Å². The summed E-state index contributed by atoms with van der Waals surface area (Å²) in [6, 6.07) is 12.4. The minimum absolute atomic E-state index is 0.0784. The number of nitrogens with zero attached hydrogens (tertiary/aromatic N) is 1. The van der Waals surface area contributed by atoms with Crippen LogP contribution in [0.5, 0.6) is 0 Å². The van der Waals surface area contributed by atoms with Crippen molar-refractivity contribution in [3.05, 3.63) is 54.5 Å². The molecule has 1 aromatic carbocycles. The van der Waals surface area contributed by atoms with Gasteiger partial charge >= 0.3 is 0 Å². The van der Waals surface area contributed by atoms with Gasteiger partial charge in [0.2, 0.25) is 5.91 Å². The van der Waals surface area contributed by atoms with Crippen LogP contribution >= 0.6 is 0 Å². The van der Waals surface area contributed by atoms with E-state index in [1.807, 2.05) is 30.3 Å². The maximum atomic E-state index is 11.9. The molecule has 0 bridgehead atoms. The molecule has 98 valence electrons. The van der Waals surface area contributed by atoms with Gasteiger partial charge in [-0.3, -0.25) is 9.59 Å². The van der Waals surface area contributed by atoms with Crippen LogP contribution in [0.2, 0.25) is 0 Å². The highest BCUT2D eigenvalue weighted by Gasteiger charge is 2.13. The number of hydrogen-bond donors (Lipinski definition) is 1. The van der Waals surface area contributed by atoms with Gasteiger partial charge in [0.05, 0.1) is 12.8 Å². The fourth-order valence-electron chi connectivity index (χ4n) is 1.56. The van der Waals surface area contributed by atoms with Crippen LogP contribution in [-0.2, 0) is 4.79 Å². The summed E-state index contributed by atoms with van der Waals surface area (Å²) in [5.41, 5.74) is 0.778. The minimum atomic E-state index is -0.403. The van der Waals surface area contributed by atoms with E-state index < -0.39 is 5.91 Å². The first-order valence-corrected chi connectivity index (χ1v) is 5.82. The lowest BCUT2D eigenvalue weighted by molar-refractivity contribution is -0.117. The van der Waals surface area contributed by atoms with Crippen molar-refractivity contribution in [2.45, 2.75) is 0 Å². The van der Waals surface area contributed by atoms with Gasteiger partial charge < -0.3 is 14.6 Å². The van der Waals surface area contributed by atoms with Crippen molar-refractivity contribution in [3.63, 3.8) is 0 Å². The monoisotopic (exact) mass is 258 g/mol. The molecule has 1 heterocycles. The highest BCUT2D eigenvalue weighted by atomic mass is 16.3. The van der Waals surface area contributed by atoms with Crippen molar-refractivity contribution in [2.24, 2.45) is 0 Å². The number of rotatable bonds is 4. The smallest absolute Gasteiger partial charge is 0.287 e. The van der Waals surface area contributed by atoms with Crippen molar-refractivity contribution in [1.29, 1.82) is 0 Å². The zero-order valence-electron chi connectivity index (χ0n) is 10.5. The number of carbonyl (C=O) groups excluding carboxylic acids is 2. The van der Waals surface area contributed by atoms with Gasteiger partial charge in [0.1, 0.15) is 0 Å². The number of hydrogen-bond acceptors (Lipinski definition) is 3. The van der Waals surface area contributed by atoms with Gasteiger partial charge in [-0.05, 0) is 24.3 Å². The van der Waals surface area contributed by atoms with Gasteiger partial charge in [-0.25, -0.2) is 0 Å². The molecule has 1 N–H and O–H groups in total. The van der Waals surface area contributed by atoms with E-state index in [2.05, 4.69) is 5.32 Å². The molecule has 5 heteroatoms. The lowest BCUT2D eigenvalue weighted by atomic mass is 10.3. The molecule has 0 spiro atoms. The lowest BCUT2D eigenvalue weighted by Gasteiger charge is -2.17. The third-order valence-corrected chi connectivity index (χ3v) is 2.66. The third kappa shape index (κ3) is 3.22. The average molecular weight is 258 g/mol. The lowest BCUT2D eigenvalue weighted by Crippen LogP contribution is -2.38. The fourth-order valence-corrected chi connectivity index (χ4v) is 1.56. The highest BCUT2D eigenvalue weighted by molar-refractivity contribution is 5.98. The number of nitrogens with one attached hydrogen (secondary N) is 1. The van der Waals surface area contributed by atoms with Gasteiger partial charge in [0.25, 0.3) is 5.91 Å². The summed E-state index contributed by atoms with van der Waals surface area (Å²) in [7, 11) is 1.66. The molecule has 1 aromatic heterocycles. The molecule has 0 unspecified atom stereocenters. The molecule has 0 aliphatic rings. The maximum Gasteiger partial charge on any atom is 0.287 e. The van der Waals surface area contributed by atoms with E-state index in [0.717, 1.165) is 5.69 Å². The number of furan rings is 1. The quantitative estimate of drug-likeness (QED) is 0.907. The maximum absolute atomic E-state index is 11.9. The molecule has 2 aromatic rings. The Hall–Kier alpha value is -2.56. The van der Waals surface area contributed by atoms with Crippen LogP contribution in [0.3, 0.4) is 0 Å². The van der Waals surface area contributed by atoms with Crippen molar-refractivity contribution in [2.75, 3.05) is 18.5 Å². The van der Waals surface area contributed by atoms with Gasteiger partial charge in [-0.2, -0.15) is 0 Å². The molecule has 0 atom stereocenters. The van der Waals surface area contributed by atoms with Crippen molar-refractivity contribution in [3.8, 4) is 0 Å². The molecular weight excluding hydrogens is 244 g/mol. The topological polar surface area (TPSA) is 62.6 Å². The summed E-state index contributed by atoms with van der Waals surface area (Å²) in [6.45, 7) is -0.0784. The fraction of sp³-hybridized carbons (Fsp3) is 0.143. The number of anilines is 1. The summed E-state index contributed by atoms with van der Waals surface area (Å²) in [6.07, 6.45) is 1.41. The van der Waals surface area contributed by atoms with Crippen LogP contribution < -0.4 is 10.2 Å². The Morgan fingerprint density at radius 3 is 2.53 bits per heavy atom. The Balaban J connectivity index is 1.90. The first-order chi connectivity index (χ1) is 9.18. The Morgan fingerprint density at radius 1 is 1.16 bits per heavy atom. The van der Waals surface area contributed by atoms with Crippen LogP contribution in [0.4, 0.5) is 5.69 Å². The van der Waals surface area contributed by atoms with E-state index in [1.165, 1.54) is 11.2 Å². The summed E-state index contributed by atoms with van der Waals surface area (Å²) in [5.74, 6) is -0.416. The molecule has 0 aliphatic heterocycles. The average Bonchev–Trinajstić information content (AvgIpc) is 2.98. The molecule has 2 amide bonds. The van der Waals surface area contributed by atoms with Gasteiger partial charge in [-0.1, -0.05) is 18.2 Å². The van der Waals surface area contributed by atoms with E-state index in [9.17, 15) is 9.59 Å². The first-order valence-electron chi connectivity index (χ1n) is 5.82. The number of likely N-dealkylation sites (N-methyl/N-ethyl adjacent to an activating group) is 1. The summed E-state index contributed by atoms with van der Waals surface area (Å²) < 4.78 is 4.94. The Labute approximate surface area is 110 Å². The van der Waals surface area contributed by atoms with Crippen molar-refractivity contribution in [1.82, 2.24) is 5.32 Å². The van der Waals surface area contributed by atoms with E-state index >= 15 is 0 Å². The zero-order valence-corrected chi connectivity index (χ0v) is 10.5. The molecular formula is C14H14N2O3. The van der Waals surface area contributed by atoms with Crippen LogP contribution in [0.1, 0.15) is 10.6 Å². The van der Waals surface area contributed by atoms with Crippen molar-refractivity contribution >= 4 is 17.5 Å². The standard InChI is InChI=1S/C14H14N2O3/c1-16(11-6-3-2-4-7-11)13(17)10-15-14(18)12-8-5-9-19-12/h2-9H,10H2,1H3,(H,15,18). The summed E-state index contributed by atoms with van der Waals surface area (Å²) >= 11 is 0. The largest absolute Gasteiger partial charge is 0.459 e. The van der Waals surface area contributed by atoms with E-state index in [4.69, 9.17) is 4.42 Å². The number of carbonyl (C=O) groups is 2. The Morgan fingerprint density at radius 2 is 1.89 bits per heavy atom. The van der Waals surface area contributed by atoms with E-state index in [1.54, 1.807) is 19.2 Å². The molecule has 19 heavy (non-hydrogen) atoms. The SMILES string of the molecule is CN(C(=O)CNC(=O)c1ccco1)c1ccccc1. The zero-order chi connectivity index (χ0) is 13.7. The molecule has 0 fully saturated rings. The summed E-state index contributed by atoms with van der Waals surface area (Å²) in [5, 5.41) is 2.51. The van der Waals surface area contributed by atoms with Crippen molar-refractivity contribution < 1.29 is 14.0 Å². The molecule has 0 saturated carbocycles. The predicted octanol–water partition coefficient (Wildman–Crippen LogP) is 1.67. The van der Waals surface area contributed by atoms with Crippen LogP contribution in [0, 0.1) is 0 Å². The Bertz CT molecular complexity index is 549. The second-order valence-corrected chi connectivity index (χ2v) is 3.95.